The van der Waals surface area contributed by atoms with Gasteiger partial charge in [-0.25, -0.2) is 4.98 Å². The molecule has 1 aromatic heterocycles. The van der Waals surface area contributed by atoms with Crippen molar-refractivity contribution in [2.45, 2.75) is 38.6 Å². The highest BCUT2D eigenvalue weighted by Crippen LogP contribution is 2.51. The lowest BCUT2D eigenvalue weighted by atomic mass is 9.95. The van der Waals surface area contributed by atoms with Crippen LogP contribution < -0.4 is 5.32 Å². The molecule has 2 bridgehead atoms. The summed E-state index contributed by atoms with van der Waals surface area (Å²) in [5.41, 5.74) is 1.13. The van der Waals surface area contributed by atoms with E-state index in [9.17, 15) is 0 Å². The quantitative estimate of drug-likeness (QED) is 0.804. The Morgan fingerprint density at radius 3 is 2.87 bits per heavy atom. The van der Waals surface area contributed by atoms with Crippen LogP contribution in [0.2, 0.25) is 0 Å². The van der Waals surface area contributed by atoms with Gasteiger partial charge in [0.15, 0.2) is 0 Å². The molecule has 1 aromatic rings. The Morgan fingerprint density at radius 1 is 1.40 bits per heavy atom. The predicted octanol–water partition coefficient (Wildman–Crippen LogP) is 2.59. The number of imidazole rings is 1. The first-order valence-electron chi connectivity index (χ1n) is 6.01. The lowest BCUT2D eigenvalue weighted by Gasteiger charge is -2.24. The van der Waals surface area contributed by atoms with Crippen LogP contribution in [0.25, 0.3) is 0 Å². The van der Waals surface area contributed by atoms with E-state index in [1.807, 2.05) is 7.05 Å². The van der Waals surface area contributed by atoms with Gasteiger partial charge in [-0.15, -0.1) is 0 Å². The number of hydrogen-bond acceptors (Lipinski definition) is 2. The van der Waals surface area contributed by atoms with Crippen molar-refractivity contribution < 1.29 is 0 Å². The SMILES string of the molecule is CNc1nc(C)cn1C1CC2CCC1C2. The average Bonchev–Trinajstić information content (AvgIpc) is 2.90. The number of aromatic nitrogens is 2. The fourth-order valence-corrected chi connectivity index (χ4v) is 3.51. The molecule has 1 heterocycles. The molecule has 0 saturated heterocycles. The second kappa shape index (κ2) is 3.26. The molecule has 2 aliphatic rings. The van der Waals surface area contributed by atoms with E-state index in [1.165, 1.54) is 25.7 Å². The summed E-state index contributed by atoms with van der Waals surface area (Å²) in [7, 11) is 1.96. The summed E-state index contributed by atoms with van der Waals surface area (Å²) in [4.78, 5) is 4.51. The predicted molar refractivity (Wildman–Crippen MR) is 61.0 cm³/mol. The Labute approximate surface area is 90.9 Å². The molecule has 15 heavy (non-hydrogen) atoms. The van der Waals surface area contributed by atoms with Crippen LogP contribution in [0.1, 0.15) is 37.4 Å². The number of aryl methyl sites for hydroxylation is 1. The molecular formula is C12H19N3. The van der Waals surface area contributed by atoms with Crippen LogP contribution in [-0.4, -0.2) is 16.6 Å². The van der Waals surface area contributed by atoms with Gasteiger partial charge in [0.2, 0.25) is 5.95 Å². The number of nitrogens with one attached hydrogen (secondary N) is 1. The Bertz CT molecular complexity index is 369. The maximum atomic E-state index is 4.51. The molecule has 0 spiro atoms. The van der Waals surface area contributed by atoms with Crippen molar-refractivity contribution >= 4 is 5.95 Å². The molecular weight excluding hydrogens is 186 g/mol. The molecule has 1 N–H and O–H groups in total. The zero-order valence-corrected chi connectivity index (χ0v) is 9.53. The van der Waals surface area contributed by atoms with Crippen molar-refractivity contribution in [3.8, 4) is 0 Å². The van der Waals surface area contributed by atoms with Crippen LogP contribution in [0.4, 0.5) is 5.95 Å². The first-order chi connectivity index (χ1) is 7.28. The summed E-state index contributed by atoms with van der Waals surface area (Å²) < 4.78 is 2.37. The van der Waals surface area contributed by atoms with Gasteiger partial charge in [0.25, 0.3) is 0 Å². The molecule has 82 valence electrons. The van der Waals surface area contributed by atoms with Gasteiger partial charge in [0, 0.05) is 19.3 Å². The van der Waals surface area contributed by atoms with E-state index >= 15 is 0 Å². The first kappa shape index (κ1) is 9.25. The zero-order valence-electron chi connectivity index (χ0n) is 9.53. The van der Waals surface area contributed by atoms with Crippen LogP contribution in [0, 0.1) is 18.8 Å². The topological polar surface area (TPSA) is 29.9 Å². The molecule has 3 atom stereocenters. The molecule has 0 aliphatic heterocycles. The highest BCUT2D eigenvalue weighted by Gasteiger charge is 2.41. The minimum absolute atomic E-state index is 0.715. The number of hydrogen-bond donors (Lipinski definition) is 1. The fraction of sp³-hybridized carbons (Fsp3) is 0.750. The minimum atomic E-state index is 0.715. The standard InChI is InChI=1S/C12H19N3/c1-8-7-15(12(13-2)14-8)11-6-9-3-4-10(11)5-9/h7,9-11H,3-6H2,1-2H3,(H,13,14). The fourth-order valence-electron chi connectivity index (χ4n) is 3.51. The molecule has 3 rings (SSSR count). The van der Waals surface area contributed by atoms with Crippen molar-refractivity contribution in [3.05, 3.63) is 11.9 Å². The molecule has 0 radical (unpaired) electrons. The summed E-state index contributed by atoms with van der Waals surface area (Å²) >= 11 is 0. The van der Waals surface area contributed by atoms with Gasteiger partial charge in [0.1, 0.15) is 0 Å². The van der Waals surface area contributed by atoms with Gasteiger partial charge < -0.3 is 9.88 Å². The first-order valence-corrected chi connectivity index (χ1v) is 6.01. The smallest absolute Gasteiger partial charge is 0.203 e. The molecule has 2 saturated carbocycles. The summed E-state index contributed by atoms with van der Waals surface area (Å²) in [6, 6.07) is 0.715. The lowest BCUT2D eigenvalue weighted by Crippen LogP contribution is -2.17. The van der Waals surface area contributed by atoms with Gasteiger partial charge >= 0.3 is 0 Å². The third-order valence-electron chi connectivity index (χ3n) is 4.13. The highest BCUT2D eigenvalue weighted by molar-refractivity contribution is 5.29. The number of rotatable bonds is 2. The molecule has 3 heteroatoms. The Morgan fingerprint density at radius 2 is 2.27 bits per heavy atom. The van der Waals surface area contributed by atoms with Crippen LogP contribution in [0.5, 0.6) is 0 Å². The highest BCUT2D eigenvalue weighted by atomic mass is 15.2. The minimum Gasteiger partial charge on any atom is -0.359 e. The van der Waals surface area contributed by atoms with E-state index in [4.69, 9.17) is 0 Å². The van der Waals surface area contributed by atoms with E-state index in [1.54, 1.807) is 0 Å². The second-order valence-electron chi connectivity index (χ2n) is 5.11. The molecule has 3 unspecified atom stereocenters. The lowest BCUT2D eigenvalue weighted by molar-refractivity contribution is 0.332. The number of anilines is 1. The van der Waals surface area contributed by atoms with E-state index in [-0.39, 0.29) is 0 Å². The third-order valence-corrected chi connectivity index (χ3v) is 4.13. The number of nitrogens with zero attached hydrogens (tertiary/aromatic N) is 2. The average molecular weight is 205 g/mol. The van der Waals surface area contributed by atoms with Gasteiger partial charge in [-0.1, -0.05) is 6.42 Å². The van der Waals surface area contributed by atoms with Gasteiger partial charge in [-0.05, 0) is 38.0 Å². The van der Waals surface area contributed by atoms with E-state index < -0.39 is 0 Å². The van der Waals surface area contributed by atoms with Crippen molar-refractivity contribution in [2.75, 3.05) is 12.4 Å². The summed E-state index contributed by atoms with van der Waals surface area (Å²) in [5.74, 6) is 2.95. The molecule has 2 fully saturated rings. The van der Waals surface area contributed by atoms with E-state index in [0.717, 1.165) is 23.5 Å². The Kier molecular flexibility index (Phi) is 2.01. The Hall–Kier alpha value is -0.990. The van der Waals surface area contributed by atoms with Gasteiger partial charge in [-0.2, -0.15) is 0 Å². The van der Waals surface area contributed by atoms with Crippen molar-refractivity contribution in [3.63, 3.8) is 0 Å². The van der Waals surface area contributed by atoms with Crippen LogP contribution in [0.15, 0.2) is 6.20 Å². The zero-order chi connectivity index (χ0) is 10.4. The summed E-state index contributed by atoms with van der Waals surface area (Å²) in [5, 5.41) is 3.20. The Balaban J connectivity index is 1.92. The van der Waals surface area contributed by atoms with Crippen LogP contribution in [-0.2, 0) is 0 Å². The van der Waals surface area contributed by atoms with Gasteiger partial charge in [-0.3, -0.25) is 0 Å². The maximum Gasteiger partial charge on any atom is 0.203 e. The molecule has 0 amide bonds. The monoisotopic (exact) mass is 205 g/mol. The van der Waals surface area contributed by atoms with E-state index in [2.05, 4.69) is 28.0 Å². The number of fused-ring (bicyclic) bond motifs is 2. The van der Waals surface area contributed by atoms with E-state index in [0.29, 0.717) is 6.04 Å². The van der Waals surface area contributed by atoms with Crippen LogP contribution in [0.3, 0.4) is 0 Å². The summed E-state index contributed by atoms with van der Waals surface area (Å²) in [6.45, 7) is 2.07. The van der Waals surface area contributed by atoms with Crippen molar-refractivity contribution in [1.29, 1.82) is 0 Å². The van der Waals surface area contributed by atoms with Gasteiger partial charge in [0.05, 0.1) is 5.69 Å². The molecule has 0 aromatic carbocycles. The molecule has 2 aliphatic carbocycles. The summed E-state index contributed by atoms with van der Waals surface area (Å²) in [6.07, 6.45) is 7.91. The maximum absolute atomic E-state index is 4.51. The molecule has 3 nitrogen and oxygen atoms in total. The normalized spacial score (nSPS) is 33.6. The third kappa shape index (κ3) is 1.36. The largest absolute Gasteiger partial charge is 0.359 e. The van der Waals surface area contributed by atoms with Crippen molar-refractivity contribution in [1.82, 2.24) is 9.55 Å². The van der Waals surface area contributed by atoms with Crippen LogP contribution >= 0.6 is 0 Å². The van der Waals surface area contributed by atoms with Crippen molar-refractivity contribution in [2.24, 2.45) is 11.8 Å². The second-order valence-corrected chi connectivity index (χ2v) is 5.11.